The molecular weight excluding hydrogens is 242 g/mol. The molecule has 0 aromatic carbocycles. The molecule has 1 aliphatic rings. The van der Waals surface area contributed by atoms with Crippen molar-refractivity contribution in [3.63, 3.8) is 0 Å². The minimum atomic E-state index is -0.568. The lowest BCUT2D eigenvalue weighted by Crippen LogP contribution is -2.33. The predicted octanol–water partition coefficient (Wildman–Crippen LogP) is 1.97. The summed E-state index contributed by atoms with van der Waals surface area (Å²) in [6.07, 6.45) is 5.99. The first-order chi connectivity index (χ1) is 9.04. The number of esters is 1. The summed E-state index contributed by atoms with van der Waals surface area (Å²) >= 11 is 0. The van der Waals surface area contributed by atoms with E-state index in [1.165, 1.54) is 25.5 Å². The smallest absolute Gasteiger partial charge is 0.313 e. The van der Waals surface area contributed by atoms with Gasteiger partial charge in [-0.1, -0.05) is 0 Å². The number of rotatable bonds is 4. The van der Waals surface area contributed by atoms with E-state index in [0.717, 1.165) is 24.4 Å². The number of ether oxygens (including phenoxy) is 1. The summed E-state index contributed by atoms with van der Waals surface area (Å²) in [6, 6.07) is 0. The number of nitrogens with one attached hydrogen (secondary N) is 1. The Morgan fingerprint density at radius 1 is 1.37 bits per heavy atom. The monoisotopic (exact) mass is 263 g/mol. The Morgan fingerprint density at radius 3 is 2.84 bits per heavy atom. The molecule has 1 aromatic rings. The van der Waals surface area contributed by atoms with Crippen LogP contribution >= 0.6 is 0 Å². The first-order valence-electron chi connectivity index (χ1n) is 6.69. The molecule has 0 atom stereocenters. The summed E-state index contributed by atoms with van der Waals surface area (Å²) < 4.78 is 4.80. The van der Waals surface area contributed by atoms with Gasteiger partial charge in [-0.2, -0.15) is 0 Å². The highest BCUT2D eigenvalue weighted by molar-refractivity contribution is 5.76. The number of aromatic nitrogens is 2. The Bertz CT molecular complexity index is 472. The topological polar surface area (TPSA) is 64.1 Å². The molecule has 0 radical (unpaired) electrons. The summed E-state index contributed by atoms with van der Waals surface area (Å²) in [5.74, 6) is 0.643. The lowest BCUT2D eigenvalue weighted by Gasteiger charge is -2.24. The van der Waals surface area contributed by atoms with Gasteiger partial charge < -0.3 is 10.1 Å². The van der Waals surface area contributed by atoms with E-state index < -0.39 is 5.41 Å². The Labute approximate surface area is 113 Å². The number of carbonyl (C=O) groups is 1. The third kappa shape index (κ3) is 3.03. The number of carbonyl (C=O) groups excluding carboxylic acids is 1. The Kier molecular flexibility index (Phi) is 4.02. The van der Waals surface area contributed by atoms with Crippen molar-refractivity contribution in [3.8, 4) is 0 Å². The molecule has 2 rings (SSSR count). The molecular formula is C14H21N3O2. The van der Waals surface area contributed by atoms with Gasteiger partial charge in [-0.15, -0.1) is 0 Å². The molecule has 1 heterocycles. The maximum atomic E-state index is 11.6. The fourth-order valence-electron chi connectivity index (χ4n) is 2.33. The van der Waals surface area contributed by atoms with E-state index >= 15 is 0 Å². The SMILES string of the molecule is COC(=O)C(C)(C)CNc1ncnc2c1CCCC2. The first-order valence-corrected chi connectivity index (χ1v) is 6.69. The van der Waals surface area contributed by atoms with Crippen molar-refractivity contribution in [2.45, 2.75) is 39.5 Å². The fraction of sp³-hybridized carbons (Fsp3) is 0.643. The number of hydrogen-bond donors (Lipinski definition) is 1. The van der Waals surface area contributed by atoms with Crippen molar-refractivity contribution in [1.82, 2.24) is 9.97 Å². The van der Waals surface area contributed by atoms with Crippen LogP contribution < -0.4 is 5.32 Å². The number of fused-ring (bicyclic) bond motifs is 1. The number of hydrogen-bond acceptors (Lipinski definition) is 5. The molecule has 0 unspecified atom stereocenters. The molecule has 0 aliphatic heterocycles. The average Bonchev–Trinajstić information content (AvgIpc) is 2.44. The second-order valence-corrected chi connectivity index (χ2v) is 5.58. The summed E-state index contributed by atoms with van der Waals surface area (Å²) in [4.78, 5) is 20.3. The van der Waals surface area contributed by atoms with E-state index in [1.807, 2.05) is 13.8 Å². The molecule has 1 aliphatic carbocycles. The van der Waals surface area contributed by atoms with E-state index in [9.17, 15) is 4.79 Å². The molecule has 0 bridgehead atoms. The summed E-state index contributed by atoms with van der Waals surface area (Å²) in [5.41, 5.74) is 1.77. The Balaban J connectivity index is 2.10. The van der Waals surface area contributed by atoms with Crippen molar-refractivity contribution in [3.05, 3.63) is 17.6 Å². The number of methoxy groups -OCH3 is 1. The molecule has 0 fully saturated rings. The van der Waals surface area contributed by atoms with Gasteiger partial charge in [0.2, 0.25) is 0 Å². The van der Waals surface area contributed by atoms with Crippen LogP contribution in [0.15, 0.2) is 6.33 Å². The largest absolute Gasteiger partial charge is 0.469 e. The van der Waals surface area contributed by atoms with Gasteiger partial charge in [0.15, 0.2) is 0 Å². The van der Waals surface area contributed by atoms with Crippen molar-refractivity contribution < 1.29 is 9.53 Å². The quantitative estimate of drug-likeness (QED) is 0.841. The molecule has 5 nitrogen and oxygen atoms in total. The molecule has 0 saturated carbocycles. The van der Waals surface area contributed by atoms with Crippen LogP contribution in [0.3, 0.4) is 0 Å². The zero-order chi connectivity index (χ0) is 13.9. The molecule has 104 valence electrons. The Hall–Kier alpha value is -1.65. The van der Waals surface area contributed by atoms with Crippen molar-refractivity contribution in [2.24, 2.45) is 5.41 Å². The minimum absolute atomic E-state index is 0.220. The normalized spacial score (nSPS) is 14.7. The van der Waals surface area contributed by atoms with Crippen LogP contribution in [0.5, 0.6) is 0 Å². The van der Waals surface area contributed by atoms with E-state index in [1.54, 1.807) is 6.33 Å². The van der Waals surface area contributed by atoms with Gasteiger partial charge in [0, 0.05) is 17.8 Å². The van der Waals surface area contributed by atoms with Crippen molar-refractivity contribution >= 4 is 11.8 Å². The van der Waals surface area contributed by atoms with Gasteiger partial charge in [-0.05, 0) is 39.5 Å². The van der Waals surface area contributed by atoms with E-state index in [2.05, 4.69) is 15.3 Å². The van der Waals surface area contributed by atoms with Crippen molar-refractivity contribution in [2.75, 3.05) is 19.0 Å². The molecule has 0 spiro atoms. The predicted molar refractivity (Wildman–Crippen MR) is 73.0 cm³/mol. The van der Waals surface area contributed by atoms with Crippen molar-refractivity contribution in [1.29, 1.82) is 0 Å². The van der Waals surface area contributed by atoms with Gasteiger partial charge >= 0.3 is 5.97 Å². The Morgan fingerprint density at radius 2 is 2.11 bits per heavy atom. The van der Waals surface area contributed by atoms with Gasteiger partial charge in [0.1, 0.15) is 12.1 Å². The van der Waals surface area contributed by atoms with Crippen LogP contribution in [0.25, 0.3) is 0 Å². The van der Waals surface area contributed by atoms with Gasteiger partial charge in [0.25, 0.3) is 0 Å². The standard InChI is InChI=1S/C14H21N3O2/c1-14(2,13(18)19-3)8-15-12-10-6-4-5-7-11(10)16-9-17-12/h9H,4-8H2,1-3H3,(H,15,16,17). The minimum Gasteiger partial charge on any atom is -0.469 e. The number of aryl methyl sites for hydroxylation is 1. The highest BCUT2D eigenvalue weighted by Gasteiger charge is 2.29. The second kappa shape index (κ2) is 5.55. The third-order valence-electron chi connectivity index (χ3n) is 3.56. The zero-order valence-corrected chi connectivity index (χ0v) is 11.8. The van der Waals surface area contributed by atoms with Crippen LogP contribution in [0.4, 0.5) is 5.82 Å². The molecule has 1 aromatic heterocycles. The lowest BCUT2D eigenvalue weighted by atomic mass is 9.93. The van der Waals surface area contributed by atoms with Crippen LogP contribution in [-0.2, 0) is 22.4 Å². The molecule has 0 amide bonds. The van der Waals surface area contributed by atoms with Crippen LogP contribution in [-0.4, -0.2) is 29.6 Å². The molecule has 5 heteroatoms. The van der Waals surface area contributed by atoms with E-state index in [-0.39, 0.29) is 5.97 Å². The summed E-state index contributed by atoms with van der Waals surface area (Å²) in [7, 11) is 1.41. The maximum Gasteiger partial charge on any atom is 0.313 e. The van der Waals surface area contributed by atoms with Crippen LogP contribution in [0, 0.1) is 5.41 Å². The summed E-state index contributed by atoms with van der Waals surface area (Å²) in [6.45, 7) is 4.22. The molecule has 19 heavy (non-hydrogen) atoms. The molecule has 0 saturated heterocycles. The first kappa shape index (κ1) is 13.8. The fourth-order valence-corrected chi connectivity index (χ4v) is 2.33. The van der Waals surface area contributed by atoms with E-state index in [0.29, 0.717) is 6.54 Å². The highest BCUT2D eigenvalue weighted by atomic mass is 16.5. The van der Waals surface area contributed by atoms with Gasteiger partial charge in [-0.3, -0.25) is 4.79 Å². The third-order valence-corrected chi connectivity index (χ3v) is 3.56. The number of anilines is 1. The van der Waals surface area contributed by atoms with E-state index in [4.69, 9.17) is 4.74 Å². The lowest BCUT2D eigenvalue weighted by molar-refractivity contribution is -0.149. The number of nitrogens with zero attached hydrogens (tertiary/aromatic N) is 2. The average molecular weight is 263 g/mol. The highest BCUT2D eigenvalue weighted by Crippen LogP contribution is 2.25. The summed E-state index contributed by atoms with van der Waals surface area (Å²) in [5, 5.41) is 3.28. The van der Waals surface area contributed by atoms with Gasteiger partial charge in [-0.25, -0.2) is 9.97 Å². The zero-order valence-electron chi connectivity index (χ0n) is 11.8. The second-order valence-electron chi connectivity index (χ2n) is 5.58. The maximum absolute atomic E-state index is 11.6. The van der Waals surface area contributed by atoms with Gasteiger partial charge in [0.05, 0.1) is 12.5 Å². The molecule has 1 N–H and O–H groups in total. The van der Waals surface area contributed by atoms with Crippen LogP contribution in [0.1, 0.15) is 37.9 Å². The van der Waals surface area contributed by atoms with Crippen LogP contribution in [0.2, 0.25) is 0 Å².